The Kier molecular flexibility index (Phi) is 43.6. The summed E-state index contributed by atoms with van der Waals surface area (Å²) in [5.41, 5.74) is 0. The van der Waals surface area contributed by atoms with Crippen molar-refractivity contribution in [1.82, 2.24) is 5.32 Å². The van der Waals surface area contributed by atoms with E-state index in [0.717, 1.165) is 38.5 Å². The Labute approximate surface area is 342 Å². The molecule has 0 aromatic heterocycles. The zero-order valence-electron chi connectivity index (χ0n) is 36.6. The van der Waals surface area contributed by atoms with E-state index < -0.39 is 18.2 Å². The first kappa shape index (κ1) is 53.3. The van der Waals surface area contributed by atoms with Crippen molar-refractivity contribution in [3.63, 3.8) is 0 Å². The third kappa shape index (κ3) is 41.8. The van der Waals surface area contributed by atoms with Gasteiger partial charge in [0.05, 0.1) is 31.3 Å². The summed E-state index contributed by atoms with van der Waals surface area (Å²) in [6.45, 7) is 4.18. The Morgan fingerprint density at radius 3 is 1.31 bits per heavy atom. The predicted molar refractivity (Wildman–Crippen MR) is 241 cm³/mol. The predicted octanol–water partition coefficient (Wildman–Crippen LogP) is 14.1. The van der Waals surface area contributed by atoms with Gasteiger partial charge in [0.25, 0.3) is 0 Å². The maximum absolute atomic E-state index is 12.5. The number of allylic oxidation sites excluding steroid dienone is 7. The number of amides is 1. The molecule has 0 bridgehead atoms. The van der Waals surface area contributed by atoms with E-state index in [1.165, 1.54) is 173 Å². The van der Waals surface area contributed by atoms with Crippen LogP contribution in [-0.2, 0) is 4.79 Å². The summed E-state index contributed by atoms with van der Waals surface area (Å²) >= 11 is 0. The molecule has 322 valence electrons. The van der Waals surface area contributed by atoms with Crippen LogP contribution in [-0.4, -0.2) is 46.1 Å². The summed E-state index contributed by atoms with van der Waals surface area (Å²) < 4.78 is 0. The van der Waals surface area contributed by atoms with Crippen molar-refractivity contribution in [2.45, 2.75) is 257 Å². The number of nitrogens with one attached hydrogen (secondary N) is 1. The first-order valence-electron chi connectivity index (χ1n) is 23.9. The Hall–Kier alpha value is -1.69. The highest BCUT2D eigenvalue weighted by molar-refractivity contribution is 5.76. The minimum atomic E-state index is -0.955. The number of carbonyl (C=O) groups excluding carboxylic acids is 1. The molecule has 0 aliphatic heterocycles. The van der Waals surface area contributed by atoms with Gasteiger partial charge in [0.1, 0.15) is 0 Å². The molecular formula is C50H93NO4. The minimum Gasteiger partial charge on any atom is -0.394 e. The van der Waals surface area contributed by atoms with E-state index in [2.05, 4.69) is 55.6 Å². The van der Waals surface area contributed by atoms with Crippen molar-refractivity contribution >= 4 is 5.91 Å². The van der Waals surface area contributed by atoms with Crippen molar-refractivity contribution in [2.75, 3.05) is 6.61 Å². The largest absolute Gasteiger partial charge is 0.394 e. The smallest absolute Gasteiger partial charge is 0.222 e. The Morgan fingerprint density at radius 1 is 0.473 bits per heavy atom. The van der Waals surface area contributed by atoms with Crippen LogP contribution in [0.4, 0.5) is 0 Å². The molecule has 0 radical (unpaired) electrons. The fraction of sp³-hybridized carbons (Fsp3) is 0.820. The lowest BCUT2D eigenvalue weighted by Gasteiger charge is -2.21. The van der Waals surface area contributed by atoms with Crippen LogP contribution in [0.2, 0.25) is 0 Å². The van der Waals surface area contributed by atoms with E-state index in [4.69, 9.17) is 0 Å². The van der Waals surface area contributed by atoms with Crippen molar-refractivity contribution in [1.29, 1.82) is 0 Å². The van der Waals surface area contributed by atoms with E-state index in [9.17, 15) is 20.1 Å². The third-order valence-electron chi connectivity index (χ3n) is 10.9. The second kappa shape index (κ2) is 45.0. The maximum atomic E-state index is 12.5. The summed E-state index contributed by atoms with van der Waals surface area (Å²) in [5, 5.41) is 33.3. The van der Waals surface area contributed by atoms with Crippen molar-refractivity contribution in [3.8, 4) is 0 Å². The summed E-state index contributed by atoms with van der Waals surface area (Å²) in [6.07, 6.45) is 58.4. The molecule has 5 nitrogen and oxygen atoms in total. The summed E-state index contributed by atoms with van der Waals surface area (Å²) in [6, 6.07) is -0.764. The lowest BCUT2D eigenvalue weighted by Crippen LogP contribution is -2.45. The summed E-state index contributed by atoms with van der Waals surface area (Å²) in [5.74, 6) is -0.330. The molecule has 0 fully saturated rings. The zero-order valence-corrected chi connectivity index (χ0v) is 36.6. The van der Waals surface area contributed by atoms with Gasteiger partial charge in [-0.1, -0.05) is 223 Å². The van der Waals surface area contributed by atoms with Crippen LogP contribution >= 0.6 is 0 Å². The number of unbranched alkanes of at least 4 members (excludes halogenated alkanes) is 29. The fourth-order valence-corrected chi connectivity index (χ4v) is 7.17. The molecule has 3 unspecified atom stereocenters. The topological polar surface area (TPSA) is 89.8 Å². The van der Waals surface area contributed by atoms with Gasteiger partial charge in [0.15, 0.2) is 0 Å². The molecular weight excluding hydrogens is 679 g/mol. The number of aliphatic hydroxyl groups excluding tert-OH is 3. The van der Waals surface area contributed by atoms with Gasteiger partial charge in [-0.3, -0.25) is 4.79 Å². The zero-order chi connectivity index (χ0) is 40.1. The molecule has 0 heterocycles. The summed E-state index contributed by atoms with van der Waals surface area (Å²) in [4.78, 5) is 12.5. The molecule has 0 aromatic rings. The second-order valence-corrected chi connectivity index (χ2v) is 16.4. The lowest BCUT2D eigenvalue weighted by molar-refractivity contribution is -0.124. The number of rotatable bonds is 43. The number of carbonyl (C=O) groups is 1. The van der Waals surface area contributed by atoms with Crippen LogP contribution in [0, 0.1) is 0 Å². The highest BCUT2D eigenvalue weighted by Gasteiger charge is 2.20. The molecule has 0 spiro atoms. The molecule has 0 saturated heterocycles. The Balaban J connectivity index is 3.68. The van der Waals surface area contributed by atoms with Gasteiger partial charge < -0.3 is 20.6 Å². The minimum absolute atomic E-state index is 0.000262. The van der Waals surface area contributed by atoms with Crippen LogP contribution in [0.1, 0.15) is 239 Å². The molecule has 0 aromatic carbocycles. The number of aliphatic hydroxyl groups is 3. The van der Waals surface area contributed by atoms with E-state index in [1.807, 2.05) is 6.08 Å². The molecule has 4 N–H and O–H groups in total. The average molecular weight is 772 g/mol. The second-order valence-electron chi connectivity index (χ2n) is 16.4. The normalized spacial score (nSPS) is 13.9. The van der Waals surface area contributed by atoms with Crippen LogP contribution in [0.15, 0.2) is 48.6 Å². The molecule has 0 aliphatic rings. The van der Waals surface area contributed by atoms with Crippen molar-refractivity contribution in [3.05, 3.63) is 48.6 Å². The lowest BCUT2D eigenvalue weighted by atomic mass is 10.0. The monoisotopic (exact) mass is 772 g/mol. The van der Waals surface area contributed by atoms with Crippen LogP contribution < -0.4 is 5.32 Å². The molecule has 0 aliphatic carbocycles. The van der Waals surface area contributed by atoms with Gasteiger partial charge in [-0.05, 0) is 57.8 Å². The van der Waals surface area contributed by atoms with Crippen molar-refractivity contribution < 1.29 is 20.1 Å². The molecule has 0 saturated carbocycles. The standard InChI is InChI=1S/C50H93NO4/c1-3-5-7-9-11-13-15-17-19-21-22-23-24-25-26-28-30-32-34-36-38-40-42-44-49(54)48(46-52)51-50(55)45-47(53)43-41-39-37-35-33-31-29-27-20-18-16-14-12-10-8-6-4-2/h12,14,16,18,34,36,42,44,47-49,52-54H,3-11,13,15,17,19-33,35,37-41,43,45-46H2,1-2H3,(H,51,55)/b14-12-,18-16-,36-34+,44-42+. The molecule has 5 heteroatoms. The van der Waals surface area contributed by atoms with Gasteiger partial charge in [0, 0.05) is 0 Å². The van der Waals surface area contributed by atoms with Crippen LogP contribution in [0.3, 0.4) is 0 Å². The van der Waals surface area contributed by atoms with Crippen LogP contribution in [0.25, 0.3) is 0 Å². The SMILES string of the molecule is CCCCC/C=C\C=C/CCCCCCCCCCC(O)CC(=O)NC(CO)C(O)/C=C/CC/C=C/CCCCCCCCCCCCCCCCCCC. The van der Waals surface area contributed by atoms with Gasteiger partial charge in [-0.15, -0.1) is 0 Å². The first-order chi connectivity index (χ1) is 27.0. The number of hydrogen-bond acceptors (Lipinski definition) is 4. The molecule has 3 atom stereocenters. The fourth-order valence-electron chi connectivity index (χ4n) is 7.17. The maximum Gasteiger partial charge on any atom is 0.222 e. The molecule has 0 rings (SSSR count). The highest BCUT2D eigenvalue weighted by Crippen LogP contribution is 2.16. The van der Waals surface area contributed by atoms with Gasteiger partial charge in [0.2, 0.25) is 5.91 Å². The highest BCUT2D eigenvalue weighted by atomic mass is 16.3. The molecule has 1 amide bonds. The quantitative estimate of drug-likeness (QED) is 0.0282. The number of hydrogen-bond donors (Lipinski definition) is 4. The van der Waals surface area contributed by atoms with Gasteiger partial charge in [-0.2, -0.15) is 0 Å². The Bertz CT molecular complexity index is 896. The summed E-state index contributed by atoms with van der Waals surface area (Å²) in [7, 11) is 0. The van der Waals surface area contributed by atoms with E-state index in [0.29, 0.717) is 6.42 Å². The third-order valence-corrected chi connectivity index (χ3v) is 10.9. The first-order valence-corrected chi connectivity index (χ1v) is 23.9. The van der Waals surface area contributed by atoms with E-state index >= 15 is 0 Å². The van der Waals surface area contributed by atoms with Crippen molar-refractivity contribution in [2.24, 2.45) is 0 Å². The van der Waals surface area contributed by atoms with E-state index in [-0.39, 0.29) is 18.9 Å². The van der Waals surface area contributed by atoms with Crippen LogP contribution in [0.5, 0.6) is 0 Å². The van der Waals surface area contributed by atoms with E-state index in [1.54, 1.807) is 6.08 Å². The van der Waals surface area contributed by atoms with Gasteiger partial charge >= 0.3 is 0 Å². The Morgan fingerprint density at radius 2 is 0.836 bits per heavy atom. The van der Waals surface area contributed by atoms with Gasteiger partial charge in [-0.25, -0.2) is 0 Å². The molecule has 55 heavy (non-hydrogen) atoms. The average Bonchev–Trinajstić information content (AvgIpc) is 3.18.